The molecule has 1 amide bonds. The SMILES string of the molecule is C=CC(=O)NC(C)C(C)S(=O)(=O)O.[Na+]. The second-order valence-corrected chi connectivity index (χ2v) is 4.49. The van der Waals surface area contributed by atoms with E-state index in [-0.39, 0.29) is 29.6 Å². The van der Waals surface area contributed by atoms with Gasteiger partial charge in [-0.25, -0.2) is 0 Å². The third kappa shape index (κ3) is 5.77. The average Bonchev–Trinajstić information content (AvgIpc) is 2.01. The first-order valence-corrected chi connectivity index (χ1v) is 5.18. The minimum absolute atomic E-state index is 0. The molecule has 76 valence electrons. The zero-order valence-electron chi connectivity index (χ0n) is 8.52. The van der Waals surface area contributed by atoms with Gasteiger partial charge in [-0.15, -0.1) is 0 Å². The van der Waals surface area contributed by atoms with Crippen LogP contribution in [0.5, 0.6) is 0 Å². The van der Waals surface area contributed by atoms with Gasteiger partial charge in [0.2, 0.25) is 5.91 Å². The number of hydrogen-bond acceptors (Lipinski definition) is 3. The van der Waals surface area contributed by atoms with Gasteiger partial charge in [0, 0.05) is 6.04 Å². The summed E-state index contributed by atoms with van der Waals surface area (Å²) < 4.78 is 29.9. The largest absolute Gasteiger partial charge is 1.00 e. The molecule has 0 saturated heterocycles. The Morgan fingerprint density at radius 3 is 2.21 bits per heavy atom. The van der Waals surface area contributed by atoms with E-state index in [0.29, 0.717) is 0 Å². The first-order valence-electron chi connectivity index (χ1n) is 3.68. The number of amides is 1. The van der Waals surface area contributed by atoms with Gasteiger partial charge in [0.25, 0.3) is 10.1 Å². The molecule has 14 heavy (non-hydrogen) atoms. The van der Waals surface area contributed by atoms with Crippen LogP contribution in [-0.4, -0.2) is 30.2 Å². The molecule has 0 fully saturated rings. The second-order valence-electron chi connectivity index (χ2n) is 2.72. The molecular weight excluding hydrogens is 217 g/mol. The molecular formula is C7H13NNaO4S+. The zero-order valence-corrected chi connectivity index (χ0v) is 11.3. The van der Waals surface area contributed by atoms with Crippen molar-refractivity contribution in [2.24, 2.45) is 0 Å². The summed E-state index contributed by atoms with van der Waals surface area (Å²) in [5, 5.41) is 1.31. The van der Waals surface area contributed by atoms with Gasteiger partial charge >= 0.3 is 29.6 Å². The summed E-state index contributed by atoms with van der Waals surface area (Å²) in [7, 11) is -4.10. The molecule has 0 spiro atoms. The number of carbonyl (C=O) groups excluding carboxylic acids is 1. The molecule has 7 heteroatoms. The van der Waals surface area contributed by atoms with E-state index in [1.165, 1.54) is 13.8 Å². The Morgan fingerprint density at radius 2 is 1.93 bits per heavy atom. The Kier molecular flexibility index (Phi) is 7.77. The van der Waals surface area contributed by atoms with Gasteiger partial charge in [-0.05, 0) is 19.9 Å². The summed E-state index contributed by atoms with van der Waals surface area (Å²) in [4.78, 5) is 10.7. The van der Waals surface area contributed by atoms with Gasteiger partial charge in [0.1, 0.15) is 5.25 Å². The molecule has 0 aliphatic heterocycles. The van der Waals surface area contributed by atoms with E-state index in [0.717, 1.165) is 6.08 Å². The Morgan fingerprint density at radius 1 is 1.50 bits per heavy atom. The molecule has 0 rings (SSSR count). The van der Waals surface area contributed by atoms with E-state index in [2.05, 4.69) is 11.9 Å². The fraction of sp³-hybridized carbons (Fsp3) is 0.571. The summed E-state index contributed by atoms with van der Waals surface area (Å²) in [6.07, 6.45) is 1.03. The number of carbonyl (C=O) groups is 1. The summed E-state index contributed by atoms with van der Waals surface area (Å²) >= 11 is 0. The standard InChI is InChI=1S/C7H13NO4S.Na/c1-4-7(9)8-5(2)6(3)13(10,11)12;/h4-6H,1H2,2-3H3,(H,8,9)(H,10,11,12);/q;+1. The normalized spacial score (nSPS) is 14.8. The van der Waals surface area contributed by atoms with Crippen LogP contribution in [0, 0.1) is 0 Å². The van der Waals surface area contributed by atoms with Crippen LogP contribution in [0.2, 0.25) is 0 Å². The molecule has 2 N–H and O–H groups in total. The van der Waals surface area contributed by atoms with Gasteiger partial charge in [-0.3, -0.25) is 9.35 Å². The first-order chi connectivity index (χ1) is 5.79. The van der Waals surface area contributed by atoms with Crippen LogP contribution in [-0.2, 0) is 14.9 Å². The van der Waals surface area contributed by atoms with Gasteiger partial charge in [0.05, 0.1) is 0 Å². The van der Waals surface area contributed by atoms with Crippen molar-refractivity contribution in [1.82, 2.24) is 5.32 Å². The van der Waals surface area contributed by atoms with E-state index < -0.39 is 27.3 Å². The van der Waals surface area contributed by atoms with Gasteiger partial charge < -0.3 is 5.32 Å². The van der Waals surface area contributed by atoms with E-state index in [1.54, 1.807) is 0 Å². The quantitative estimate of drug-likeness (QED) is 0.305. The third-order valence-electron chi connectivity index (χ3n) is 1.73. The molecule has 0 heterocycles. The van der Waals surface area contributed by atoms with Crippen molar-refractivity contribution in [2.75, 3.05) is 0 Å². The maximum absolute atomic E-state index is 10.7. The molecule has 0 aliphatic carbocycles. The molecule has 0 aromatic rings. The molecule has 0 radical (unpaired) electrons. The Balaban J connectivity index is 0. The van der Waals surface area contributed by atoms with E-state index >= 15 is 0 Å². The van der Waals surface area contributed by atoms with Gasteiger partial charge in [-0.1, -0.05) is 6.58 Å². The van der Waals surface area contributed by atoms with Crippen molar-refractivity contribution < 1.29 is 47.3 Å². The number of nitrogens with one attached hydrogen (secondary N) is 1. The van der Waals surface area contributed by atoms with Crippen LogP contribution in [0.25, 0.3) is 0 Å². The van der Waals surface area contributed by atoms with Crippen molar-refractivity contribution in [2.45, 2.75) is 25.1 Å². The summed E-state index contributed by atoms with van der Waals surface area (Å²) in [6, 6.07) is -0.652. The molecule has 5 nitrogen and oxygen atoms in total. The van der Waals surface area contributed by atoms with Crippen molar-refractivity contribution >= 4 is 16.0 Å². The van der Waals surface area contributed by atoms with Crippen LogP contribution in [0.4, 0.5) is 0 Å². The Bertz CT molecular complexity index is 301. The molecule has 2 atom stereocenters. The van der Waals surface area contributed by atoms with Crippen molar-refractivity contribution in [3.63, 3.8) is 0 Å². The Hall–Kier alpha value is 0.120. The van der Waals surface area contributed by atoms with E-state index in [4.69, 9.17) is 4.55 Å². The molecule has 0 aromatic carbocycles. The van der Waals surface area contributed by atoms with Crippen LogP contribution < -0.4 is 34.9 Å². The van der Waals surface area contributed by atoms with E-state index in [9.17, 15) is 13.2 Å². The Labute approximate surface area is 106 Å². The summed E-state index contributed by atoms with van der Waals surface area (Å²) in [6.45, 7) is 6.01. The number of rotatable bonds is 4. The van der Waals surface area contributed by atoms with Crippen molar-refractivity contribution in [1.29, 1.82) is 0 Å². The third-order valence-corrected chi connectivity index (χ3v) is 3.08. The molecule has 0 aromatic heterocycles. The fourth-order valence-electron chi connectivity index (χ4n) is 0.659. The first kappa shape index (κ1) is 16.5. The van der Waals surface area contributed by atoms with Crippen LogP contribution in [0.3, 0.4) is 0 Å². The van der Waals surface area contributed by atoms with Crippen LogP contribution in [0.1, 0.15) is 13.8 Å². The van der Waals surface area contributed by atoms with Crippen molar-refractivity contribution in [3.8, 4) is 0 Å². The monoisotopic (exact) mass is 230 g/mol. The maximum Gasteiger partial charge on any atom is 1.00 e. The summed E-state index contributed by atoms with van der Waals surface area (Å²) in [5.74, 6) is -0.469. The second kappa shape index (κ2) is 6.58. The maximum atomic E-state index is 10.7. The predicted molar refractivity (Wildman–Crippen MR) is 48.8 cm³/mol. The fourth-order valence-corrected chi connectivity index (χ4v) is 1.24. The average molecular weight is 230 g/mol. The zero-order chi connectivity index (χ0) is 10.6. The topological polar surface area (TPSA) is 83.5 Å². The van der Waals surface area contributed by atoms with Crippen LogP contribution >= 0.6 is 0 Å². The predicted octanol–water partition coefficient (Wildman–Crippen LogP) is -3.04. The van der Waals surface area contributed by atoms with Gasteiger partial charge in [-0.2, -0.15) is 8.42 Å². The smallest absolute Gasteiger partial charge is 0.349 e. The molecule has 0 bridgehead atoms. The van der Waals surface area contributed by atoms with Crippen molar-refractivity contribution in [3.05, 3.63) is 12.7 Å². The molecule has 0 saturated carbocycles. The van der Waals surface area contributed by atoms with Gasteiger partial charge in [0.15, 0.2) is 0 Å². The molecule has 2 unspecified atom stereocenters. The number of hydrogen-bond donors (Lipinski definition) is 2. The molecule has 0 aliphatic rings. The van der Waals surface area contributed by atoms with E-state index in [1.807, 2.05) is 0 Å². The summed E-state index contributed by atoms with van der Waals surface area (Å²) in [5.41, 5.74) is 0. The minimum atomic E-state index is -4.10. The van der Waals surface area contributed by atoms with Crippen LogP contribution in [0.15, 0.2) is 12.7 Å². The minimum Gasteiger partial charge on any atom is -0.349 e.